The molecular formula is C20H34OSi. The Labute approximate surface area is 138 Å². The van der Waals surface area contributed by atoms with Crippen LogP contribution in [0.4, 0.5) is 0 Å². The third kappa shape index (κ3) is 3.33. The molecule has 2 heteroatoms. The number of benzene rings is 1. The van der Waals surface area contributed by atoms with E-state index in [4.69, 9.17) is 4.43 Å². The SMILES string of the molecule is CC(C)[Si](O[C@@H](C)[C@@H]1C[C@H]1c1ccccc1)(C(C)C)C(C)C. The third-order valence-corrected chi connectivity index (χ3v) is 12.0. The molecule has 0 heterocycles. The molecule has 22 heavy (non-hydrogen) atoms. The fourth-order valence-electron chi connectivity index (χ4n) is 4.63. The van der Waals surface area contributed by atoms with Gasteiger partial charge in [0.1, 0.15) is 0 Å². The van der Waals surface area contributed by atoms with Crippen LogP contribution in [-0.2, 0) is 4.43 Å². The van der Waals surface area contributed by atoms with E-state index in [1.54, 1.807) is 0 Å². The largest absolute Gasteiger partial charge is 0.413 e. The molecule has 0 unspecified atom stereocenters. The molecule has 3 atom stereocenters. The summed E-state index contributed by atoms with van der Waals surface area (Å²) in [7, 11) is -1.74. The van der Waals surface area contributed by atoms with Crippen molar-refractivity contribution in [1.82, 2.24) is 0 Å². The average molecular weight is 319 g/mol. The summed E-state index contributed by atoms with van der Waals surface area (Å²) in [5.74, 6) is 1.43. The molecule has 0 amide bonds. The molecule has 0 N–H and O–H groups in total. The van der Waals surface area contributed by atoms with Crippen molar-refractivity contribution in [3.8, 4) is 0 Å². The van der Waals surface area contributed by atoms with E-state index in [-0.39, 0.29) is 0 Å². The first-order valence-electron chi connectivity index (χ1n) is 9.03. The second-order valence-corrected chi connectivity index (χ2v) is 13.5. The molecule has 1 nitrogen and oxygen atoms in total. The number of rotatable bonds is 7. The third-order valence-electron chi connectivity index (χ3n) is 5.77. The minimum Gasteiger partial charge on any atom is -0.413 e. The number of hydrogen-bond donors (Lipinski definition) is 0. The van der Waals surface area contributed by atoms with Crippen molar-refractivity contribution in [2.24, 2.45) is 5.92 Å². The van der Waals surface area contributed by atoms with E-state index in [9.17, 15) is 0 Å². The Bertz CT molecular complexity index is 444. The molecule has 1 aliphatic rings. The Morgan fingerprint density at radius 2 is 1.36 bits per heavy atom. The van der Waals surface area contributed by atoms with Gasteiger partial charge in [-0.15, -0.1) is 0 Å². The summed E-state index contributed by atoms with van der Waals surface area (Å²) in [4.78, 5) is 0. The zero-order chi connectivity index (χ0) is 16.5. The topological polar surface area (TPSA) is 9.23 Å². The molecule has 1 aromatic rings. The highest BCUT2D eigenvalue weighted by molar-refractivity contribution is 6.77. The number of hydrogen-bond acceptors (Lipinski definition) is 1. The summed E-state index contributed by atoms with van der Waals surface area (Å²) < 4.78 is 6.94. The monoisotopic (exact) mass is 318 g/mol. The molecule has 124 valence electrons. The van der Waals surface area contributed by atoms with Crippen molar-refractivity contribution in [2.45, 2.75) is 83.5 Å². The molecule has 1 aromatic carbocycles. The fraction of sp³-hybridized carbons (Fsp3) is 0.700. The second kappa shape index (κ2) is 6.88. The van der Waals surface area contributed by atoms with Crippen LogP contribution in [0.2, 0.25) is 16.6 Å². The van der Waals surface area contributed by atoms with Gasteiger partial charge in [-0.25, -0.2) is 0 Å². The van der Waals surface area contributed by atoms with E-state index in [0.29, 0.717) is 28.6 Å². The highest BCUT2D eigenvalue weighted by Crippen LogP contribution is 2.53. The molecule has 1 saturated carbocycles. The quantitative estimate of drug-likeness (QED) is 0.531. The van der Waals surface area contributed by atoms with Gasteiger partial charge >= 0.3 is 0 Å². The fourth-order valence-corrected chi connectivity index (χ4v) is 10.3. The van der Waals surface area contributed by atoms with Gasteiger partial charge in [0.05, 0.1) is 0 Å². The van der Waals surface area contributed by atoms with Gasteiger partial charge in [0, 0.05) is 6.10 Å². The minimum atomic E-state index is -1.74. The molecule has 0 saturated heterocycles. The van der Waals surface area contributed by atoms with E-state index in [1.165, 1.54) is 12.0 Å². The van der Waals surface area contributed by atoms with Gasteiger partial charge in [-0.3, -0.25) is 0 Å². The molecule has 0 bridgehead atoms. The van der Waals surface area contributed by atoms with Crippen molar-refractivity contribution < 1.29 is 4.43 Å². The molecule has 1 fully saturated rings. The Morgan fingerprint density at radius 1 is 0.864 bits per heavy atom. The first-order chi connectivity index (χ1) is 10.3. The van der Waals surface area contributed by atoms with Crippen LogP contribution in [0.15, 0.2) is 30.3 Å². The lowest BCUT2D eigenvalue weighted by Gasteiger charge is -2.44. The van der Waals surface area contributed by atoms with Crippen LogP contribution >= 0.6 is 0 Å². The van der Waals surface area contributed by atoms with Gasteiger partial charge in [-0.2, -0.15) is 0 Å². The van der Waals surface area contributed by atoms with Gasteiger partial charge in [0.2, 0.25) is 8.32 Å². The van der Waals surface area contributed by atoms with Crippen molar-refractivity contribution in [3.05, 3.63) is 35.9 Å². The van der Waals surface area contributed by atoms with E-state index < -0.39 is 8.32 Å². The molecule has 0 radical (unpaired) electrons. The lowest BCUT2D eigenvalue weighted by molar-refractivity contribution is 0.167. The van der Waals surface area contributed by atoms with Gasteiger partial charge < -0.3 is 4.43 Å². The van der Waals surface area contributed by atoms with E-state index in [0.717, 1.165) is 5.92 Å². The van der Waals surface area contributed by atoms with Gasteiger partial charge in [-0.05, 0) is 47.4 Å². The van der Waals surface area contributed by atoms with E-state index in [1.807, 2.05) is 0 Å². The van der Waals surface area contributed by atoms with E-state index in [2.05, 4.69) is 78.8 Å². The molecule has 1 aliphatic carbocycles. The summed E-state index contributed by atoms with van der Waals surface area (Å²) in [5.41, 5.74) is 3.51. The highest BCUT2D eigenvalue weighted by atomic mass is 28.4. The predicted molar refractivity (Wildman–Crippen MR) is 98.9 cm³/mol. The lowest BCUT2D eigenvalue weighted by Crippen LogP contribution is -2.50. The Balaban J connectivity index is 2.09. The zero-order valence-electron chi connectivity index (χ0n) is 15.5. The van der Waals surface area contributed by atoms with Crippen molar-refractivity contribution >= 4 is 8.32 Å². The van der Waals surface area contributed by atoms with Gasteiger partial charge in [0.25, 0.3) is 0 Å². The van der Waals surface area contributed by atoms with Crippen LogP contribution in [0.5, 0.6) is 0 Å². The van der Waals surface area contributed by atoms with Gasteiger partial charge in [0.15, 0.2) is 0 Å². The van der Waals surface area contributed by atoms with Crippen LogP contribution in [0.3, 0.4) is 0 Å². The molecule has 0 spiro atoms. The normalized spacial score (nSPS) is 23.4. The van der Waals surface area contributed by atoms with Crippen molar-refractivity contribution in [3.63, 3.8) is 0 Å². The Hall–Kier alpha value is -0.603. The molecule has 2 rings (SSSR count). The average Bonchev–Trinajstić information content (AvgIpc) is 3.24. The molecule has 0 aromatic heterocycles. The molecule has 0 aliphatic heterocycles. The summed E-state index contributed by atoms with van der Waals surface area (Å²) in [6, 6.07) is 11.0. The smallest absolute Gasteiger partial charge is 0.200 e. The Morgan fingerprint density at radius 3 is 1.82 bits per heavy atom. The lowest BCUT2D eigenvalue weighted by atomic mass is 10.1. The predicted octanol–water partition coefficient (Wildman–Crippen LogP) is 6.37. The highest BCUT2D eigenvalue weighted by Gasteiger charge is 2.50. The molecular weight excluding hydrogens is 284 g/mol. The van der Waals surface area contributed by atoms with Crippen LogP contribution in [0, 0.1) is 5.92 Å². The summed E-state index contributed by atoms with van der Waals surface area (Å²) in [5, 5.41) is 0. The van der Waals surface area contributed by atoms with Crippen LogP contribution in [-0.4, -0.2) is 14.4 Å². The maximum absolute atomic E-state index is 6.94. The van der Waals surface area contributed by atoms with Crippen LogP contribution in [0.25, 0.3) is 0 Å². The van der Waals surface area contributed by atoms with Crippen LogP contribution < -0.4 is 0 Å². The second-order valence-electron chi connectivity index (χ2n) is 8.06. The summed E-state index contributed by atoms with van der Waals surface area (Å²) >= 11 is 0. The first-order valence-corrected chi connectivity index (χ1v) is 11.2. The van der Waals surface area contributed by atoms with Crippen molar-refractivity contribution in [1.29, 1.82) is 0 Å². The zero-order valence-corrected chi connectivity index (χ0v) is 16.5. The maximum Gasteiger partial charge on any atom is 0.200 e. The van der Waals surface area contributed by atoms with Crippen molar-refractivity contribution in [2.75, 3.05) is 0 Å². The first kappa shape index (κ1) is 17.7. The standard InChI is InChI=1S/C20H34OSi/c1-14(2)22(15(3)4,16(5)6)21-17(7)19-13-20(19)18-11-9-8-10-12-18/h8-12,14-17,19-20H,13H2,1-7H3/t17-,19-,20-/m0/s1. The Kier molecular flexibility index (Phi) is 5.55. The summed E-state index contributed by atoms with van der Waals surface area (Å²) in [6.45, 7) is 16.6. The minimum absolute atomic E-state index is 0.393. The van der Waals surface area contributed by atoms with Crippen LogP contribution in [0.1, 0.15) is 66.4 Å². The van der Waals surface area contributed by atoms with E-state index >= 15 is 0 Å². The summed E-state index contributed by atoms with van der Waals surface area (Å²) in [6.07, 6.45) is 1.69. The maximum atomic E-state index is 6.94. The van der Waals surface area contributed by atoms with Gasteiger partial charge in [-0.1, -0.05) is 71.9 Å².